The normalized spacial score (nSPS) is 11.1. The van der Waals surface area contributed by atoms with Crippen LogP contribution in [0.5, 0.6) is 5.75 Å². The second kappa shape index (κ2) is 11.9. The number of pyridine rings is 1. The first-order valence-electron chi connectivity index (χ1n) is 13.1. The van der Waals surface area contributed by atoms with Gasteiger partial charge in [-0.25, -0.2) is 4.98 Å². The van der Waals surface area contributed by atoms with E-state index >= 15 is 0 Å². The molecule has 3 aromatic carbocycles. The molecule has 1 amide bonds. The number of aromatic nitrogens is 5. The number of ether oxygens (including phenoxy) is 1. The average molecular weight is 579 g/mol. The van der Waals surface area contributed by atoms with Gasteiger partial charge < -0.3 is 10.1 Å². The highest BCUT2D eigenvalue weighted by Gasteiger charge is 2.18. The molecule has 6 aromatic rings. The van der Waals surface area contributed by atoms with E-state index in [9.17, 15) is 4.79 Å². The van der Waals surface area contributed by atoms with Gasteiger partial charge in [0.1, 0.15) is 10.8 Å². The molecule has 0 atom stereocenters. The summed E-state index contributed by atoms with van der Waals surface area (Å²) in [6.07, 6.45) is 3.46. The fourth-order valence-electron chi connectivity index (χ4n) is 4.31. The largest absolute Gasteiger partial charge is 0.494 e. The topological polar surface area (TPSA) is 94.8 Å². The first-order valence-corrected chi connectivity index (χ1v) is 14.9. The van der Waals surface area contributed by atoms with E-state index in [1.807, 2.05) is 78.2 Å². The number of hydrogen-bond acceptors (Lipinski definition) is 8. The first kappa shape index (κ1) is 26.7. The van der Waals surface area contributed by atoms with Crippen LogP contribution in [0.15, 0.2) is 96.4 Å². The summed E-state index contributed by atoms with van der Waals surface area (Å²) in [7, 11) is 0. The van der Waals surface area contributed by atoms with Crippen LogP contribution in [-0.2, 0) is 4.79 Å². The molecule has 0 aliphatic rings. The molecule has 204 valence electrons. The quantitative estimate of drug-likeness (QED) is 0.184. The maximum atomic E-state index is 12.9. The summed E-state index contributed by atoms with van der Waals surface area (Å²) >= 11 is 2.99. The fourth-order valence-corrected chi connectivity index (χ4v) is 6.14. The van der Waals surface area contributed by atoms with Gasteiger partial charge in [0.2, 0.25) is 5.91 Å². The molecule has 0 radical (unpaired) electrons. The minimum absolute atomic E-state index is 0.137. The van der Waals surface area contributed by atoms with Crippen molar-refractivity contribution in [1.82, 2.24) is 24.7 Å². The van der Waals surface area contributed by atoms with E-state index in [2.05, 4.69) is 39.6 Å². The Labute approximate surface area is 245 Å². The minimum atomic E-state index is -0.137. The highest BCUT2D eigenvalue weighted by molar-refractivity contribution is 7.99. The number of nitrogens with one attached hydrogen (secondary N) is 1. The van der Waals surface area contributed by atoms with Crippen molar-refractivity contribution in [3.63, 3.8) is 0 Å². The molecule has 0 unspecified atom stereocenters. The fraction of sp³-hybridized carbons (Fsp3) is 0.129. The van der Waals surface area contributed by atoms with Crippen LogP contribution in [0, 0.1) is 6.92 Å². The minimum Gasteiger partial charge on any atom is -0.494 e. The van der Waals surface area contributed by atoms with E-state index in [0.29, 0.717) is 17.6 Å². The molecule has 8 nitrogen and oxygen atoms in total. The third-order valence-corrected chi connectivity index (χ3v) is 8.25. The van der Waals surface area contributed by atoms with Gasteiger partial charge in [0, 0.05) is 34.9 Å². The molecule has 1 N–H and O–H groups in total. The summed E-state index contributed by atoms with van der Waals surface area (Å²) in [5.74, 6) is 1.46. The lowest BCUT2D eigenvalue weighted by Crippen LogP contribution is -2.14. The van der Waals surface area contributed by atoms with Crippen LogP contribution in [0.25, 0.3) is 37.9 Å². The van der Waals surface area contributed by atoms with Crippen molar-refractivity contribution in [3.8, 4) is 33.4 Å². The standard InChI is InChI=1S/C31H26N6O2S2/c1-3-39-25-13-11-24(12-14-25)37-29(22-5-4-16-32-18-22)35-36-31(37)40-19-28(38)33-23-9-7-21(8-10-23)30-34-26-15-6-20(2)17-27(26)41-30/h4-18H,3,19H2,1-2H3,(H,33,38). The molecule has 0 aliphatic heterocycles. The average Bonchev–Trinajstić information content (AvgIpc) is 3.62. The predicted octanol–water partition coefficient (Wildman–Crippen LogP) is 7.04. The molecule has 0 bridgehead atoms. The maximum absolute atomic E-state index is 12.9. The number of nitrogens with zero attached hydrogens (tertiary/aromatic N) is 5. The molecule has 41 heavy (non-hydrogen) atoms. The van der Waals surface area contributed by atoms with Crippen LogP contribution in [0.4, 0.5) is 5.69 Å². The Morgan fingerprint density at radius 2 is 1.83 bits per heavy atom. The van der Waals surface area contributed by atoms with E-state index in [1.165, 1.54) is 22.0 Å². The molecule has 0 aliphatic carbocycles. The number of rotatable bonds is 9. The summed E-state index contributed by atoms with van der Waals surface area (Å²) in [5.41, 5.74) is 5.64. The van der Waals surface area contributed by atoms with Gasteiger partial charge in [-0.3, -0.25) is 14.3 Å². The second-order valence-electron chi connectivity index (χ2n) is 9.21. The monoisotopic (exact) mass is 578 g/mol. The first-order chi connectivity index (χ1) is 20.1. The smallest absolute Gasteiger partial charge is 0.234 e. The number of thioether (sulfide) groups is 1. The van der Waals surface area contributed by atoms with Crippen molar-refractivity contribution < 1.29 is 9.53 Å². The zero-order valence-corrected chi connectivity index (χ0v) is 24.1. The lowest BCUT2D eigenvalue weighted by atomic mass is 10.2. The van der Waals surface area contributed by atoms with Gasteiger partial charge in [-0.15, -0.1) is 21.5 Å². The second-order valence-corrected chi connectivity index (χ2v) is 11.2. The van der Waals surface area contributed by atoms with Crippen LogP contribution in [0.1, 0.15) is 12.5 Å². The summed E-state index contributed by atoms with van der Waals surface area (Å²) < 4.78 is 8.69. The van der Waals surface area contributed by atoms with Crippen molar-refractivity contribution in [2.24, 2.45) is 0 Å². The zero-order valence-electron chi connectivity index (χ0n) is 22.4. The SMILES string of the molecule is CCOc1ccc(-n2c(SCC(=O)Nc3ccc(-c4nc5ccc(C)cc5s4)cc3)nnc2-c2cccnc2)cc1. The van der Waals surface area contributed by atoms with Gasteiger partial charge in [-0.1, -0.05) is 17.8 Å². The number of benzene rings is 3. The highest BCUT2D eigenvalue weighted by Crippen LogP contribution is 2.32. The van der Waals surface area contributed by atoms with E-state index < -0.39 is 0 Å². The van der Waals surface area contributed by atoms with Gasteiger partial charge in [0.25, 0.3) is 0 Å². The number of anilines is 1. The van der Waals surface area contributed by atoms with Gasteiger partial charge in [-0.05, 0) is 92.2 Å². The molecule has 3 heterocycles. The Morgan fingerprint density at radius 3 is 2.59 bits per heavy atom. The van der Waals surface area contributed by atoms with E-state index in [1.54, 1.807) is 23.7 Å². The number of thiazole rings is 1. The van der Waals surface area contributed by atoms with Crippen molar-refractivity contribution in [1.29, 1.82) is 0 Å². The van der Waals surface area contributed by atoms with Crippen LogP contribution >= 0.6 is 23.1 Å². The Hall–Kier alpha value is -4.54. The molecule has 0 fully saturated rings. The Kier molecular flexibility index (Phi) is 7.75. The van der Waals surface area contributed by atoms with Crippen molar-refractivity contribution in [2.45, 2.75) is 19.0 Å². The Morgan fingerprint density at radius 1 is 1.00 bits per heavy atom. The van der Waals surface area contributed by atoms with E-state index in [4.69, 9.17) is 9.72 Å². The molecule has 6 rings (SSSR count). The van der Waals surface area contributed by atoms with Crippen molar-refractivity contribution in [3.05, 3.63) is 96.8 Å². The highest BCUT2D eigenvalue weighted by atomic mass is 32.2. The summed E-state index contributed by atoms with van der Waals surface area (Å²) in [5, 5.41) is 13.4. The van der Waals surface area contributed by atoms with Crippen LogP contribution in [-0.4, -0.2) is 43.0 Å². The maximum Gasteiger partial charge on any atom is 0.234 e. The van der Waals surface area contributed by atoms with Gasteiger partial charge in [0.15, 0.2) is 11.0 Å². The van der Waals surface area contributed by atoms with Crippen molar-refractivity contribution >= 4 is 44.9 Å². The number of carbonyl (C=O) groups excluding carboxylic acids is 1. The Bertz CT molecular complexity index is 1800. The van der Waals surface area contributed by atoms with Gasteiger partial charge in [-0.2, -0.15) is 0 Å². The predicted molar refractivity (Wildman–Crippen MR) is 165 cm³/mol. The van der Waals surface area contributed by atoms with Crippen LogP contribution in [0.2, 0.25) is 0 Å². The molecular weight excluding hydrogens is 553 g/mol. The molecule has 0 saturated carbocycles. The third-order valence-electron chi connectivity index (χ3n) is 6.25. The Balaban J connectivity index is 1.16. The third kappa shape index (κ3) is 5.98. The van der Waals surface area contributed by atoms with Gasteiger partial charge in [0.05, 0.1) is 22.6 Å². The van der Waals surface area contributed by atoms with E-state index in [-0.39, 0.29) is 11.7 Å². The number of amides is 1. The van der Waals surface area contributed by atoms with E-state index in [0.717, 1.165) is 38.8 Å². The molecule has 0 spiro atoms. The molecule has 10 heteroatoms. The number of aryl methyl sites for hydroxylation is 1. The summed E-state index contributed by atoms with van der Waals surface area (Å²) in [6.45, 7) is 4.62. The summed E-state index contributed by atoms with van der Waals surface area (Å²) in [6, 6.07) is 25.5. The van der Waals surface area contributed by atoms with Gasteiger partial charge >= 0.3 is 0 Å². The zero-order chi connectivity index (χ0) is 28.2. The van der Waals surface area contributed by atoms with Crippen LogP contribution < -0.4 is 10.1 Å². The molecular formula is C31H26N6O2S2. The number of hydrogen-bond donors (Lipinski definition) is 1. The lowest BCUT2D eigenvalue weighted by molar-refractivity contribution is -0.113. The molecule has 3 aromatic heterocycles. The summed E-state index contributed by atoms with van der Waals surface area (Å²) in [4.78, 5) is 21.9. The van der Waals surface area contributed by atoms with Crippen molar-refractivity contribution in [2.75, 3.05) is 17.7 Å². The van der Waals surface area contributed by atoms with Crippen LogP contribution in [0.3, 0.4) is 0 Å². The number of fused-ring (bicyclic) bond motifs is 1. The number of carbonyl (C=O) groups is 1. The molecule has 0 saturated heterocycles. The lowest BCUT2D eigenvalue weighted by Gasteiger charge is -2.11.